The lowest BCUT2D eigenvalue weighted by Gasteiger charge is -2.13. The zero-order valence-electron chi connectivity index (χ0n) is 14.6. The second kappa shape index (κ2) is 9.38. The zero-order chi connectivity index (χ0) is 17.7. The lowest BCUT2D eigenvalue weighted by Crippen LogP contribution is -2.38. The normalized spacial score (nSPS) is 17.2. The molecule has 25 heavy (non-hydrogen) atoms. The van der Waals surface area contributed by atoms with Gasteiger partial charge in [-0.2, -0.15) is 0 Å². The van der Waals surface area contributed by atoms with Gasteiger partial charge < -0.3 is 14.8 Å². The fraction of sp³-hybridized carbons (Fsp3) is 0.562. The molecule has 2 atom stereocenters. The molecule has 2 rings (SSSR count). The number of sulfonamides is 1. The molecule has 0 saturated carbocycles. The highest BCUT2D eigenvalue weighted by atomic mass is 35.5. The van der Waals surface area contributed by atoms with Crippen molar-refractivity contribution in [2.75, 3.05) is 19.7 Å². The van der Waals surface area contributed by atoms with Crippen molar-refractivity contribution in [3.05, 3.63) is 23.8 Å². The number of nitrogens with one attached hydrogen (secondary N) is 2. The third-order valence-corrected chi connectivity index (χ3v) is 5.12. The van der Waals surface area contributed by atoms with Gasteiger partial charge in [-0.05, 0) is 44.2 Å². The van der Waals surface area contributed by atoms with E-state index < -0.39 is 22.1 Å². The van der Waals surface area contributed by atoms with Crippen molar-refractivity contribution in [2.45, 2.75) is 44.2 Å². The Morgan fingerprint density at radius 2 is 2.12 bits per heavy atom. The van der Waals surface area contributed by atoms with Crippen LogP contribution in [0.15, 0.2) is 23.1 Å². The summed E-state index contributed by atoms with van der Waals surface area (Å²) in [5.74, 6) is 0.0868. The number of benzene rings is 1. The average Bonchev–Trinajstić information content (AvgIpc) is 2.97. The molecule has 9 heteroatoms. The van der Waals surface area contributed by atoms with Crippen molar-refractivity contribution in [1.82, 2.24) is 10.0 Å². The van der Waals surface area contributed by atoms with Crippen molar-refractivity contribution < 1.29 is 22.7 Å². The molecular weight excluding hydrogens is 368 g/mol. The molecule has 1 heterocycles. The molecule has 142 valence electrons. The lowest BCUT2D eigenvalue weighted by atomic mass is 10.1. The van der Waals surface area contributed by atoms with Gasteiger partial charge in [0.25, 0.3) is 0 Å². The van der Waals surface area contributed by atoms with Gasteiger partial charge >= 0.3 is 5.97 Å². The predicted octanol–water partition coefficient (Wildman–Crippen LogP) is 1.25. The van der Waals surface area contributed by atoms with E-state index in [-0.39, 0.29) is 30.0 Å². The molecule has 0 spiro atoms. The Hall–Kier alpha value is -1.35. The van der Waals surface area contributed by atoms with Crippen LogP contribution in [-0.4, -0.2) is 46.2 Å². The van der Waals surface area contributed by atoms with Crippen LogP contribution in [0.4, 0.5) is 0 Å². The molecule has 2 N–H and O–H groups in total. The summed E-state index contributed by atoms with van der Waals surface area (Å²) in [4.78, 5) is 11.9. The van der Waals surface area contributed by atoms with Gasteiger partial charge in [-0.15, -0.1) is 12.4 Å². The summed E-state index contributed by atoms with van der Waals surface area (Å²) in [6.45, 7) is 6.95. The van der Waals surface area contributed by atoms with Crippen LogP contribution in [0.25, 0.3) is 0 Å². The Bertz CT molecular complexity index is 696. The summed E-state index contributed by atoms with van der Waals surface area (Å²) < 4.78 is 37.8. The molecule has 0 amide bonds. The number of carbonyl (C=O) groups excluding carboxylic acids is 1. The van der Waals surface area contributed by atoms with Crippen molar-refractivity contribution in [1.29, 1.82) is 0 Å². The molecule has 7 nitrogen and oxygen atoms in total. The van der Waals surface area contributed by atoms with Gasteiger partial charge in [0.15, 0.2) is 6.10 Å². The number of hydrogen-bond acceptors (Lipinski definition) is 6. The van der Waals surface area contributed by atoms with E-state index in [0.717, 1.165) is 6.54 Å². The van der Waals surface area contributed by atoms with Gasteiger partial charge in [0, 0.05) is 19.0 Å². The predicted molar refractivity (Wildman–Crippen MR) is 96.8 cm³/mol. The van der Waals surface area contributed by atoms with Gasteiger partial charge in [-0.3, -0.25) is 0 Å². The summed E-state index contributed by atoms with van der Waals surface area (Å²) in [5, 5.41) is 3.14. The number of esters is 1. The van der Waals surface area contributed by atoms with E-state index in [0.29, 0.717) is 24.3 Å². The maximum absolute atomic E-state index is 12.4. The molecule has 0 aromatic heterocycles. The van der Waals surface area contributed by atoms with E-state index in [9.17, 15) is 13.2 Å². The monoisotopic (exact) mass is 392 g/mol. The molecule has 1 aromatic rings. The second-order valence-corrected chi connectivity index (χ2v) is 7.41. The van der Waals surface area contributed by atoms with E-state index in [1.807, 2.05) is 13.8 Å². The van der Waals surface area contributed by atoms with Crippen LogP contribution in [-0.2, 0) is 26.0 Å². The third kappa shape index (κ3) is 5.57. The molecule has 0 fully saturated rings. The Morgan fingerprint density at radius 3 is 2.76 bits per heavy atom. The van der Waals surface area contributed by atoms with E-state index >= 15 is 0 Å². The summed E-state index contributed by atoms with van der Waals surface area (Å²) in [5.41, 5.74) is 0.690. The highest BCUT2D eigenvalue weighted by molar-refractivity contribution is 7.89. The minimum Gasteiger partial charge on any atom is -0.478 e. The van der Waals surface area contributed by atoms with Crippen LogP contribution in [0.3, 0.4) is 0 Å². The van der Waals surface area contributed by atoms with Crippen LogP contribution in [0, 0.1) is 0 Å². The minimum absolute atomic E-state index is 0. The molecule has 1 unspecified atom stereocenters. The fourth-order valence-electron chi connectivity index (χ4n) is 2.50. The molecule has 0 aliphatic carbocycles. The number of hydrogen-bond donors (Lipinski definition) is 2. The van der Waals surface area contributed by atoms with Crippen LogP contribution >= 0.6 is 12.4 Å². The Balaban J connectivity index is 0.00000312. The maximum atomic E-state index is 12.4. The topological polar surface area (TPSA) is 93.7 Å². The number of carbonyl (C=O) groups is 1. The van der Waals surface area contributed by atoms with E-state index in [1.165, 1.54) is 6.07 Å². The summed E-state index contributed by atoms with van der Waals surface area (Å²) >= 11 is 0. The summed E-state index contributed by atoms with van der Waals surface area (Å²) in [7, 11) is -3.60. The average molecular weight is 393 g/mol. The maximum Gasteiger partial charge on any atom is 0.347 e. The molecule has 1 aliphatic heterocycles. The second-order valence-electron chi connectivity index (χ2n) is 5.64. The highest BCUT2D eigenvalue weighted by Crippen LogP contribution is 2.31. The molecule has 1 aromatic carbocycles. The first-order chi connectivity index (χ1) is 11.4. The number of ether oxygens (including phenoxy) is 2. The SMILES string of the molecule is CCN[C@H](C)CNS(=O)(=O)c1ccc2c(c1)CC(C(=O)OCC)O2.Cl. The minimum atomic E-state index is -3.60. The van der Waals surface area contributed by atoms with Crippen molar-refractivity contribution in [2.24, 2.45) is 0 Å². The quantitative estimate of drug-likeness (QED) is 0.647. The lowest BCUT2D eigenvalue weighted by molar-refractivity contribution is -0.150. The van der Waals surface area contributed by atoms with Crippen LogP contribution in [0.1, 0.15) is 26.3 Å². The highest BCUT2D eigenvalue weighted by Gasteiger charge is 2.31. The number of halogens is 1. The van der Waals surface area contributed by atoms with E-state index in [1.54, 1.807) is 19.1 Å². The summed E-state index contributed by atoms with van der Waals surface area (Å²) in [6, 6.07) is 4.65. The standard InChI is InChI=1S/C16H24N2O5S.ClH/c1-4-17-11(3)10-18-24(20,21)13-6-7-14-12(8-13)9-15(23-14)16(19)22-5-2;/h6-8,11,15,17-18H,4-5,9-10H2,1-3H3;1H/t11-,15?;/m1./s1. The van der Waals surface area contributed by atoms with Gasteiger partial charge in [0.05, 0.1) is 11.5 Å². The smallest absolute Gasteiger partial charge is 0.347 e. The first-order valence-corrected chi connectivity index (χ1v) is 9.55. The number of rotatable bonds is 8. The van der Waals surface area contributed by atoms with E-state index in [4.69, 9.17) is 9.47 Å². The van der Waals surface area contributed by atoms with Crippen molar-refractivity contribution >= 4 is 28.4 Å². The van der Waals surface area contributed by atoms with E-state index in [2.05, 4.69) is 10.0 Å². The van der Waals surface area contributed by atoms with Crippen LogP contribution in [0.5, 0.6) is 5.75 Å². The van der Waals surface area contributed by atoms with Crippen molar-refractivity contribution in [3.8, 4) is 5.75 Å². The summed E-state index contributed by atoms with van der Waals surface area (Å²) in [6.07, 6.45) is -0.398. The van der Waals surface area contributed by atoms with Gasteiger partial charge in [0.2, 0.25) is 10.0 Å². The Kier molecular flexibility index (Phi) is 8.14. The largest absolute Gasteiger partial charge is 0.478 e. The van der Waals surface area contributed by atoms with Crippen LogP contribution in [0.2, 0.25) is 0 Å². The third-order valence-electron chi connectivity index (χ3n) is 3.70. The molecule has 0 saturated heterocycles. The van der Waals surface area contributed by atoms with Crippen molar-refractivity contribution in [3.63, 3.8) is 0 Å². The molecule has 0 bridgehead atoms. The first-order valence-electron chi connectivity index (χ1n) is 8.06. The fourth-order valence-corrected chi connectivity index (χ4v) is 3.68. The Labute approximate surface area is 154 Å². The molecular formula is C16H25ClN2O5S. The number of likely N-dealkylation sites (N-methyl/N-ethyl adjacent to an activating group) is 1. The zero-order valence-corrected chi connectivity index (χ0v) is 16.2. The Morgan fingerprint density at radius 1 is 1.40 bits per heavy atom. The van der Waals surface area contributed by atoms with Gasteiger partial charge in [-0.25, -0.2) is 17.9 Å². The van der Waals surface area contributed by atoms with Gasteiger partial charge in [-0.1, -0.05) is 6.92 Å². The molecule has 0 radical (unpaired) electrons. The van der Waals surface area contributed by atoms with Gasteiger partial charge in [0.1, 0.15) is 5.75 Å². The number of fused-ring (bicyclic) bond motifs is 1. The van der Waals surface area contributed by atoms with Crippen LogP contribution < -0.4 is 14.8 Å². The molecule has 1 aliphatic rings. The first kappa shape index (κ1) is 21.7.